The van der Waals surface area contributed by atoms with Crippen LogP contribution in [0.15, 0.2) is 0 Å². The Balaban J connectivity index is 3.88. The van der Waals surface area contributed by atoms with E-state index in [1.807, 2.05) is 11.9 Å². The third-order valence-corrected chi connectivity index (χ3v) is 3.67. The van der Waals surface area contributed by atoms with Crippen molar-refractivity contribution in [3.8, 4) is 0 Å². The first-order valence-electron chi connectivity index (χ1n) is 5.38. The quantitative estimate of drug-likeness (QED) is 0.692. The average molecular weight is 236 g/mol. The van der Waals surface area contributed by atoms with Crippen LogP contribution in [0.2, 0.25) is 0 Å². The molecule has 0 aliphatic carbocycles. The lowest BCUT2D eigenvalue weighted by molar-refractivity contribution is 0.285. The van der Waals surface area contributed by atoms with Crippen LogP contribution in [0.1, 0.15) is 20.3 Å². The molecule has 0 aliphatic rings. The van der Waals surface area contributed by atoms with Gasteiger partial charge in [-0.15, -0.1) is 0 Å². The van der Waals surface area contributed by atoms with Crippen molar-refractivity contribution in [3.05, 3.63) is 0 Å². The molecule has 2 atom stereocenters. The van der Waals surface area contributed by atoms with E-state index in [1.165, 1.54) is 6.26 Å². The number of rotatable bonds is 7. The predicted molar refractivity (Wildman–Crippen MR) is 64.6 cm³/mol. The first kappa shape index (κ1) is 14.9. The molecule has 0 aromatic heterocycles. The molecule has 0 fully saturated rings. The summed E-state index contributed by atoms with van der Waals surface area (Å²) in [6.45, 7) is 5.55. The molecule has 92 valence electrons. The summed E-state index contributed by atoms with van der Waals surface area (Å²) in [4.78, 5) is 1.98. The largest absolute Gasteiger partial charge is 0.326 e. The van der Waals surface area contributed by atoms with Crippen LogP contribution in [-0.4, -0.2) is 51.5 Å². The fourth-order valence-corrected chi connectivity index (χ4v) is 1.90. The van der Waals surface area contributed by atoms with Crippen LogP contribution in [0.5, 0.6) is 0 Å². The second-order valence-electron chi connectivity index (χ2n) is 4.44. The summed E-state index contributed by atoms with van der Waals surface area (Å²) in [5.74, 6) is 0.683. The second-order valence-corrected chi connectivity index (χ2v) is 6.70. The normalized spacial score (nSPS) is 16.7. The van der Waals surface area contributed by atoms with Crippen molar-refractivity contribution in [2.24, 2.45) is 11.7 Å². The molecule has 15 heavy (non-hydrogen) atoms. The number of nitrogens with zero attached hydrogens (tertiary/aromatic N) is 1. The van der Waals surface area contributed by atoms with E-state index >= 15 is 0 Å². The highest BCUT2D eigenvalue weighted by molar-refractivity contribution is 7.90. The van der Waals surface area contributed by atoms with Gasteiger partial charge in [-0.1, -0.05) is 20.3 Å². The zero-order valence-electron chi connectivity index (χ0n) is 10.2. The topological polar surface area (TPSA) is 63.4 Å². The van der Waals surface area contributed by atoms with Crippen LogP contribution in [-0.2, 0) is 9.84 Å². The summed E-state index contributed by atoms with van der Waals surface area (Å²) < 4.78 is 21.9. The Morgan fingerprint density at radius 3 is 2.33 bits per heavy atom. The van der Waals surface area contributed by atoms with Crippen molar-refractivity contribution in [1.29, 1.82) is 0 Å². The number of likely N-dealkylation sites (N-methyl/N-ethyl adjacent to an activating group) is 1. The van der Waals surface area contributed by atoms with E-state index in [0.717, 1.165) is 13.0 Å². The third-order valence-electron chi connectivity index (χ3n) is 2.74. The Morgan fingerprint density at radius 2 is 1.93 bits per heavy atom. The Morgan fingerprint density at radius 1 is 1.40 bits per heavy atom. The van der Waals surface area contributed by atoms with E-state index < -0.39 is 9.84 Å². The molecule has 0 saturated carbocycles. The minimum Gasteiger partial charge on any atom is -0.326 e. The van der Waals surface area contributed by atoms with Crippen LogP contribution in [0, 0.1) is 5.92 Å². The highest BCUT2D eigenvalue weighted by Gasteiger charge is 2.13. The molecule has 0 spiro atoms. The van der Waals surface area contributed by atoms with Gasteiger partial charge >= 0.3 is 0 Å². The summed E-state index contributed by atoms with van der Waals surface area (Å²) >= 11 is 0. The maximum Gasteiger partial charge on any atom is 0.148 e. The van der Waals surface area contributed by atoms with Crippen molar-refractivity contribution in [3.63, 3.8) is 0 Å². The molecule has 0 aliphatic heterocycles. The van der Waals surface area contributed by atoms with Crippen molar-refractivity contribution >= 4 is 9.84 Å². The van der Waals surface area contributed by atoms with Crippen LogP contribution in [0.3, 0.4) is 0 Å². The van der Waals surface area contributed by atoms with Gasteiger partial charge in [0.25, 0.3) is 0 Å². The number of sulfone groups is 1. The van der Waals surface area contributed by atoms with E-state index in [2.05, 4.69) is 13.8 Å². The Kier molecular flexibility index (Phi) is 6.40. The van der Waals surface area contributed by atoms with E-state index in [4.69, 9.17) is 5.73 Å². The van der Waals surface area contributed by atoms with E-state index in [-0.39, 0.29) is 11.8 Å². The van der Waals surface area contributed by atoms with E-state index in [9.17, 15) is 8.42 Å². The van der Waals surface area contributed by atoms with Gasteiger partial charge in [0.05, 0.1) is 5.75 Å². The van der Waals surface area contributed by atoms with Crippen molar-refractivity contribution < 1.29 is 8.42 Å². The molecule has 0 amide bonds. The summed E-state index contributed by atoms with van der Waals surface area (Å²) in [7, 11) is -0.953. The summed E-state index contributed by atoms with van der Waals surface area (Å²) in [5.41, 5.74) is 5.98. The van der Waals surface area contributed by atoms with Gasteiger partial charge in [-0.05, 0) is 13.0 Å². The molecule has 0 aromatic carbocycles. The van der Waals surface area contributed by atoms with E-state index in [0.29, 0.717) is 12.5 Å². The maximum absolute atomic E-state index is 11.0. The Hall–Kier alpha value is -0.130. The molecule has 0 saturated heterocycles. The molecule has 5 heteroatoms. The summed E-state index contributed by atoms with van der Waals surface area (Å²) in [6.07, 6.45) is 2.32. The minimum atomic E-state index is -2.86. The Bertz CT molecular complexity index is 265. The number of nitrogens with two attached hydrogens (primary N) is 1. The molecular weight excluding hydrogens is 212 g/mol. The monoisotopic (exact) mass is 236 g/mol. The first-order chi connectivity index (χ1) is 6.76. The molecule has 2 unspecified atom stereocenters. The molecule has 0 heterocycles. The lowest BCUT2D eigenvalue weighted by Gasteiger charge is -2.24. The van der Waals surface area contributed by atoms with Gasteiger partial charge in [-0.25, -0.2) is 8.42 Å². The predicted octanol–water partition coefficient (Wildman–Crippen LogP) is 0.336. The lowest BCUT2D eigenvalue weighted by atomic mass is 10.00. The van der Waals surface area contributed by atoms with Gasteiger partial charge in [-0.2, -0.15) is 0 Å². The van der Waals surface area contributed by atoms with Crippen molar-refractivity contribution in [2.75, 3.05) is 32.1 Å². The molecule has 0 aromatic rings. The smallest absolute Gasteiger partial charge is 0.148 e. The number of hydrogen-bond donors (Lipinski definition) is 1. The number of hydrogen-bond acceptors (Lipinski definition) is 4. The van der Waals surface area contributed by atoms with Crippen LogP contribution >= 0.6 is 0 Å². The SMILES string of the molecule is CCC(C)C(N)CN(C)CCS(C)(=O)=O. The molecule has 0 radical (unpaired) electrons. The van der Waals surface area contributed by atoms with Crippen molar-refractivity contribution in [1.82, 2.24) is 4.90 Å². The van der Waals surface area contributed by atoms with Crippen LogP contribution < -0.4 is 5.73 Å². The van der Waals surface area contributed by atoms with Gasteiger partial charge in [0, 0.05) is 25.4 Å². The maximum atomic E-state index is 11.0. The molecule has 0 bridgehead atoms. The van der Waals surface area contributed by atoms with E-state index in [1.54, 1.807) is 0 Å². The average Bonchev–Trinajstić information content (AvgIpc) is 2.12. The minimum absolute atomic E-state index is 0.125. The fraction of sp³-hybridized carbons (Fsp3) is 1.00. The zero-order valence-corrected chi connectivity index (χ0v) is 11.0. The molecule has 2 N–H and O–H groups in total. The first-order valence-corrected chi connectivity index (χ1v) is 7.44. The summed E-state index contributed by atoms with van der Waals surface area (Å²) in [6, 6.07) is 0.125. The van der Waals surface area contributed by atoms with Gasteiger partial charge < -0.3 is 10.6 Å². The van der Waals surface area contributed by atoms with Gasteiger partial charge in [0.15, 0.2) is 0 Å². The lowest BCUT2D eigenvalue weighted by Crippen LogP contribution is -2.41. The summed E-state index contributed by atoms with van der Waals surface area (Å²) in [5, 5.41) is 0. The highest BCUT2D eigenvalue weighted by atomic mass is 32.2. The fourth-order valence-electron chi connectivity index (χ4n) is 1.26. The van der Waals surface area contributed by atoms with Gasteiger partial charge in [-0.3, -0.25) is 0 Å². The molecular formula is C10H24N2O2S. The molecule has 4 nitrogen and oxygen atoms in total. The Labute approximate surface area is 93.7 Å². The second kappa shape index (κ2) is 6.45. The van der Waals surface area contributed by atoms with Crippen molar-refractivity contribution in [2.45, 2.75) is 26.3 Å². The zero-order chi connectivity index (χ0) is 12.1. The highest BCUT2D eigenvalue weighted by Crippen LogP contribution is 2.06. The van der Waals surface area contributed by atoms with Gasteiger partial charge in [0.1, 0.15) is 9.84 Å². The van der Waals surface area contributed by atoms with Gasteiger partial charge in [0.2, 0.25) is 0 Å². The standard InChI is InChI=1S/C10H24N2O2S/c1-5-9(2)10(11)8-12(3)6-7-15(4,13)14/h9-10H,5-8,11H2,1-4H3. The third kappa shape index (κ3) is 7.76. The van der Waals surface area contributed by atoms with Crippen LogP contribution in [0.25, 0.3) is 0 Å². The molecule has 0 rings (SSSR count). The van der Waals surface area contributed by atoms with Crippen LogP contribution in [0.4, 0.5) is 0 Å².